The molecule has 1 heterocycles. The Hall–Kier alpha value is -1.73. The summed E-state index contributed by atoms with van der Waals surface area (Å²) in [6.45, 7) is 0.883. The molecule has 0 radical (unpaired) electrons. The molecule has 1 aromatic carbocycles. The normalized spacial score (nSPS) is 16.8. The van der Waals surface area contributed by atoms with Gasteiger partial charge in [-0.2, -0.15) is 17.0 Å². The van der Waals surface area contributed by atoms with Crippen molar-refractivity contribution in [2.24, 2.45) is 0 Å². The van der Waals surface area contributed by atoms with Gasteiger partial charge in [-0.1, -0.05) is 31.0 Å². The largest absolute Gasteiger partial charge is 0.368 e. The third kappa shape index (κ3) is 2.84. The first kappa shape index (κ1) is 14.2. The molecule has 108 valence electrons. The molecule has 0 atom stereocenters. The Labute approximate surface area is 129 Å². The first-order valence-corrected chi connectivity index (χ1v) is 8.58. The van der Waals surface area contributed by atoms with Crippen molar-refractivity contribution in [2.75, 3.05) is 18.1 Å². The van der Waals surface area contributed by atoms with E-state index in [0.717, 1.165) is 23.3 Å². The molecule has 3 nitrogen and oxygen atoms in total. The van der Waals surface area contributed by atoms with Crippen LogP contribution < -0.4 is 5.32 Å². The second kappa shape index (κ2) is 5.95. The number of fused-ring (bicyclic) bond motifs is 1. The zero-order chi connectivity index (χ0) is 14.7. The summed E-state index contributed by atoms with van der Waals surface area (Å²) < 4.78 is 0.306. The summed E-state index contributed by atoms with van der Waals surface area (Å²) >= 11 is 1.94. The van der Waals surface area contributed by atoms with Crippen molar-refractivity contribution >= 4 is 28.5 Å². The van der Waals surface area contributed by atoms with Crippen molar-refractivity contribution in [2.45, 2.75) is 30.4 Å². The third-order valence-electron chi connectivity index (χ3n) is 4.37. The van der Waals surface area contributed by atoms with E-state index in [1.807, 2.05) is 42.1 Å². The second-order valence-electron chi connectivity index (χ2n) is 5.64. The Morgan fingerprint density at radius 2 is 2.10 bits per heavy atom. The molecule has 1 fully saturated rings. The van der Waals surface area contributed by atoms with Crippen molar-refractivity contribution in [3.8, 4) is 6.07 Å². The van der Waals surface area contributed by atoms with Crippen LogP contribution in [0.2, 0.25) is 0 Å². The molecule has 1 N–H and O–H groups in total. The average molecular weight is 297 g/mol. The first-order chi connectivity index (χ1) is 10.3. The zero-order valence-electron chi connectivity index (χ0n) is 12.2. The minimum absolute atomic E-state index is 0.306. The zero-order valence-corrected chi connectivity index (χ0v) is 13.0. The van der Waals surface area contributed by atoms with Crippen LogP contribution in [0.3, 0.4) is 0 Å². The molecule has 0 unspecified atom stereocenters. The molecule has 1 aromatic heterocycles. The van der Waals surface area contributed by atoms with E-state index in [4.69, 9.17) is 0 Å². The predicted molar refractivity (Wildman–Crippen MR) is 89.7 cm³/mol. The van der Waals surface area contributed by atoms with Crippen LogP contribution >= 0.6 is 11.8 Å². The van der Waals surface area contributed by atoms with E-state index in [2.05, 4.69) is 22.6 Å². The van der Waals surface area contributed by atoms with E-state index >= 15 is 0 Å². The van der Waals surface area contributed by atoms with Gasteiger partial charge in [-0.3, -0.25) is 0 Å². The summed E-state index contributed by atoms with van der Waals surface area (Å²) in [5, 5.41) is 13.8. The van der Waals surface area contributed by atoms with E-state index in [1.165, 1.54) is 25.7 Å². The van der Waals surface area contributed by atoms with Gasteiger partial charge in [0.1, 0.15) is 11.9 Å². The summed E-state index contributed by atoms with van der Waals surface area (Å²) in [4.78, 5) is 4.63. The molecule has 21 heavy (non-hydrogen) atoms. The number of para-hydroxylation sites is 1. The van der Waals surface area contributed by atoms with Gasteiger partial charge in [-0.05, 0) is 31.2 Å². The lowest BCUT2D eigenvalue weighted by Gasteiger charge is -2.27. The van der Waals surface area contributed by atoms with Gasteiger partial charge in [0.15, 0.2) is 0 Å². The van der Waals surface area contributed by atoms with Crippen LogP contribution in [0.4, 0.5) is 5.82 Å². The summed E-state index contributed by atoms with van der Waals surface area (Å²) in [5.74, 6) is 0.719. The number of nitriles is 1. The predicted octanol–water partition coefficient (Wildman–Crippen LogP) is 4.19. The molecule has 1 aliphatic rings. The number of hydrogen-bond acceptors (Lipinski definition) is 4. The fourth-order valence-electron chi connectivity index (χ4n) is 3.05. The number of nitrogens with one attached hydrogen (secondary N) is 1. The second-order valence-corrected chi connectivity index (χ2v) is 6.91. The highest BCUT2D eigenvalue weighted by Gasteiger charge is 2.32. The van der Waals surface area contributed by atoms with Gasteiger partial charge in [-0.25, -0.2) is 4.98 Å². The van der Waals surface area contributed by atoms with Crippen LogP contribution in [0.5, 0.6) is 0 Å². The smallest absolute Gasteiger partial charge is 0.144 e. The number of aromatic nitrogens is 1. The van der Waals surface area contributed by atoms with Gasteiger partial charge in [-0.15, -0.1) is 0 Å². The molecule has 1 aliphatic carbocycles. The van der Waals surface area contributed by atoms with E-state index in [9.17, 15) is 5.26 Å². The number of pyridine rings is 1. The summed E-state index contributed by atoms with van der Waals surface area (Å²) in [6.07, 6.45) is 7.29. The van der Waals surface area contributed by atoms with Gasteiger partial charge >= 0.3 is 0 Å². The van der Waals surface area contributed by atoms with Crippen molar-refractivity contribution in [3.05, 3.63) is 35.9 Å². The Kier molecular flexibility index (Phi) is 4.03. The summed E-state index contributed by atoms with van der Waals surface area (Å²) in [5.41, 5.74) is 1.56. The Morgan fingerprint density at radius 1 is 1.33 bits per heavy atom. The fourth-order valence-corrected chi connectivity index (χ4v) is 3.97. The van der Waals surface area contributed by atoms with Gasteiger partial charge in [0.2, 0.25) is 0 Å². The van der Waals surface area contributed by atoms with Gasteiger partial charge in [0.05, 0.1) is 11.1 Å². The highest BCUT2D eigenvalue weighted by atomic mass is 32.2. The maximum Gasteiger partial charge on any atom is 0.144 e. The van der Waals surface area contributed by atoms with Crippen LogP contribution in [0.25, 0.3) is 10.9 Å². The van der Waals surface area contributed by atoms with Gasteiger partial charge < -0.3 is 5.32 Å². The topological polar surface area (TPSA) is 48.7 Å². The number of nitrogens with zero attached hydrogens (tertiary/aromatic N) is 2. The molecule has 1 saturated carbocycles. The minimum atomic E-state index is 0.306. The van der Waals surface area contributed by atoms with Gasteiger partial charge in [0.25, 0.3) is 0 Å². The molecule has 0 bridgehead atoms. The molecule has 4 heteroatoms. The summed E-state index contributed by atoms with van der Waals surface area (Å²) in [6, 6.07) is 12.1. The van der Waals surface area contributed by atoms with Crippen molar-refractivity contribution < 1.29 is 0 Å². The number of anilines is 1. The first-order valence-electron chi connectivity index (χ1n) is 7.35. The van der Waals surface area contributed by atoms with Gasteiger partial charge in [0, 0.05) is 16.7 Å². The fraction of sp³-hybridized carbons (Fsp3) is 0.412. The number of benzene rings is 1. The highest BCUT2D eigenvalue weighted by molar-refractivity contribution is 8.00. The molecule has 0 saturated heterocycles. The van der Waals surface area contributed by atoms with Crippen LogP contribution in [-0.2, 0) is 0 Å². The molecular weight excluding hydrogens is 278 g/mol. The van der Waals surface area contributed by atoms with E-state index in [0.29, 0.717) is 10.3 Å². The number of rotatable bonds is 4. The van der Waals surface area contributed by atoms with Crippen LogP contribution in [0.15, 0.2) is 30.3 Å². The SMILES string of the molecule is CSC1(CNc2nc3ccccc3cc2C#N)CCCC1. The maximum absolute atomic E-state index is 9.36. The average Bonchev–Trinajstić information content (AvgIpc) is 3.01. The van der Waals surface area contributed by atoms with E-state index in [1.54, 1.807) is 0 Å². The number of thioether (sulfide) groups is 1. The van der Waals surface area contributed by atoms with Crippen LogP contribution in [-0.4, -0.2) is 22.5 Å². The molecular formula is C17H19N3S. The molecule has 3 rings (SSSR count). The van der Waals surface area contributed by atoms with Crippen molar-refractivity contribution in [1.82, 2.24) is 4.98 Å². The molecule has 2 aromatic rings. The van der Waals surface area contributed by atoms with Crippen LogP contribution in [0, 0.1) is 11.3 Å². The Bertz CT molecular complexity index is 684. The third-order valence-corrected chi connectivity index (χ3v) is 5.79. The maximum atomic E-state index is 9.36. The summed E-state index contributed by atoms with van der Waals surface area (Å²) in [7, 11) is 0. The van der Waals surface area contributed by atoms with Crippen molar-refractivity contribution in [1.29, 1.82) is 5.26 Å². The standard InChI is InChI=1S/C17H19N3S/c1-21-17(8-4-5-9-17)12-19-16-14(11-18)10-13-6-2-3-7-15(13)20-16/h2-3,6-7,10H,4-5,8-9,12H2,1H3,(H,19,20). The molecule has 0 amide bonds. The quantitative estimate of drug-likeness (QED) is 0.919. The minimum Gasteiger partial charge on any atom is -0.368 e. The monoisotopic (exact) mass is 297 g/mol. The lowest BCUT2D eigenvalue weighted by molar-refractivity contribution is 0.639. The van der Waals surface area contributed by atoms with Crippen LogP contribution in [0.1, 0.15) is 31.2 Å². The van der Waals surface area contributed by atoms with E-state index in [-0.39, 0.29) is 0 Å². The number of hydrogen-bond donors (Lipinski definition) is 1. The van der Waals surface area contributed by atoms with Crippen molar-refractivity contribution in [3.63, 3.8) is 0 Å². The Balaban J connectivity index is 1.87. The molecule has 0 aliphatic heterocycles. The highest BCUT2D eigenvalue weighted by Crippen LogP contribution is 2.40. The lowest BCUT2D eigenvalue weighted by atomic mass is 10.1. The molecule has 0 spiro atoms. The lowest BCUT2D eigenvalue weighted by Crippen LogP contribution is -2.30. The Morgan fingerprint density at radius 3 is 2.81 bits per heavy atom. The van der Waals surface area contributed by atoms with E-state index < -0.39 is 0 Å².